The number of pyridine rings is 1. The molecule has 1 amide bonds. The highest BCUT2D eigenvalue weighted by Gasteiger charge is 2.33. The van der Waals surface area contributed by atoms with Crippen molar-refractivity contribution in [3.05, 3.63) is 47.0 Å². The van der Waals surface area contributed by atoms with Crippen molar-refractivity contribution in [1.82, 2.24) is 9.88 Å². The number of likely N-dealkylation sites (tertiary alicyclic amines) is 1. The monoisotopic (exact) mass is 296 g/mol. The number of rotatable bonds is 3. The zero-order valence-corrected chi connectivity index (χ0v) is 12.2. The van der Waals surface area contributed by atoms with Crippen LogP contribution in [0.2, 0.25) is 0 Å². The van der Waals surface area contributed by atoms with Gasteiger partial charge in [0.1, 0.15) is 0 Å². The smallest absolute Gasteiger partial charge is 0.241 e. The van der Waals surface area contributed by atoms with E-state index < -0.39 is 0 Å². The van der Waals surface area contributed by atoms with E-state index in [4.69, 9.17) is 5.53 Å². The van der Waals surface area contributed by atoms with Crippen LogP contribution in [0.4, 0.5) is 5.69 Å². The lowest BCUT2D eigenvalue weighted by atomic mass is 10.1. The van der Waals surface area contributed by atoms with E-state index in [-0.39, 0.29) is 18.0 Å². The van der Waals surface area contributed by atoms with E-state index in [0.29, 0.717) is 18.7 Å². The van der Waals surface area contributed by atoms with Crippen LogP contribution < -0.4 is 5.32 Å². The number of nitrogens with zero attached hydrogens (tertiary/aromatic N) is 5. The largest absolute Gasteiger partial charge is 0.323 e. The average Bonchev–Trinajstić information content (AvgIpc) is 2.88. The Bertz CT molecular complexity index is 755. The molecule has 1 aromatic heterocycles. The molecule has 1 fully saturated rings. The summed E-state index contributed by atoms with van der Waals surface area (Å²) in [5, 5.41) is 7.57. The third kappa shape index (κ3) is 2.86. The number of anilines is 1. The summed E-state index contributed by atoms with van der Waals surface area (Å²) in [6.45, 7) is 0.595. The number of amides is 1. The Hall–Kier alpha value is -2.63. The van der Waals surface area contributed by atoms with Crippen LogP contribution in [0.25, 0.3) is 21.3 Å². The summed E-state index contributed by atoms with van der Waals surface area (Å²) in [6.07, 6.45) is 2.19. The maximum absolute atomic E-state index is 12.4. The molecule has 1 saturated heterocycles. The van der Waals surface area contributed by atoms with Crippen LogP contribution in [0.3, 0.4) is 0 Å². The first kappa shape index (κ1) is 14.3. The lowest BCUT2D eigenvalue weighted by molar-refractivity contribution is -0.119. The van der Waals surface area contributed by atoms with Gasteiger partial charge in [0, 0.05) is 16.8 Å². The fourth-order valence-electron chi connectivity index (χ4n) is 2.80. The first-order valence-electron chi connectivity index (χ1n) is 7.07. The van der Waals surface area contributed by atoms with Crippen molar-refractivity contribution < 1.29 is 4.79 Å². The average molecular weight is 296 g/mol. The van der Waals surface area contributed by atoms with Gasteiger partial charge in [0.2, 0.25) is 5.91 Å². The van der Waals surface area contributed by atoms with Crippen LogP contribution >= 0.6 is 0 Å². The SMILES string of the molecule is CN1CC(N=[N+]=[N-])C[C@H]1C(=O)Nc1cnc2ccccc2c1. The molecule has 22 heavy (non-hydrogen) atoms. The number of carbonyl (C=O) groups is 1. The molecule has 1 unspecified atom stereocenters. The molecular weight excluding hydrogens is 280 g/mol. The molecular formula is C15H16N6O. The van der Waals surface area contributed by atoms with Gasteiger partial charge in [-0.25, -0.2) is 0 Å². The summed E-state index contributed by atoms with van der Waals surface area (Å²) >= 11 is 0. The first-order chi connectivity index (χ1) is 10.7. The van der Waals surface area contributed by atoms with Gasteiger partial charge in [-0.05, 0) is 31.1 Å². The van der Waals surface area contributed by atoms with Gasteiger partial charge < -0.3 is 5.32 Å². The molecule has 1 aromatic carbocycles. The summed E-state index contributed by atoms with van der Waals surface area (Å²) in [5.41, 5.74) is 10.1. The summed E-state index contributed by atoms with van der Waals surface area (Å²) < 4.78 is 0. The number of carbonyl (C=O) groups excluding carboxylic acids is 1. The highest BCUT2D eigenvalue weighted by Crippen LogP contribution is 2.21. The molecule has 7 nitrogen and oxygen atoms in total. The topological polar surface area (TPSA) is 94.0 Å². The highest BCUT2D eigenvalue weighted by molar-refractivity contribution is 5.96. The number of hydrogen-bond donors (Lipinski definition) is 1. The summed E-state index contributed by atoms with van der Waals surface area (Å²) in [7, 11) is 1.86. The highest BCUT2D eigenvalue weighted by atomic mass is 16.2. The van der Waals surface area contributed by atoms with Crippen LogP contribution in [-0.4, -0.2) is 41.5 Å². The number of likely N-dealkylation sites (N-methyl/N-ethyl adjacent to an activating group) is 1. The Labute approximate surface area is 127 Å². The predicted molar refractivity (Wildman–Crippen MR) is 84.3 cm³/mol. The Morgan fingerprint density at radius 3 is 3.14 bits per heavy atom. The molecule has 7 heteroatoms. The summed E-state index contributed by atoms with van der Waals surface area (Å²) in [6, 6.07) is 9.21. The minimum Gasteiger partial charge on any atom is -0.323 e. The summed E-state index contributed by atoms with van der Waals surface area (Å²) in [4.78, 5) is 21.5. The van der Waals surface area contributed by atoms with Crippen LogP contribution in [-0.2, 0) is 4.79 Å². The second-order valence-corrected chi connectivity index (χ2v) is 5.46. The molecule has 2 aromatic rings. The molecule has 112 valence electrons. The second-order valence-electron chi connectivity index (χ2n) is 5.46. The minimum atomic E-state index is -0.290. The molecule has 0 aliphatic carbocycles. The van der Waals surface area contributed by atoms with E-state index >= 15 is 0 Å². The Kier molecular flexibility index (Phi) is 3.91. The molecule has 0 spiro atoms. The lowest BCUT2D eigenvalue weighted by Crippen LogP contribution is -2.37. The fraction of sp³-hybridized carbons (Fsp3) is 0.333. The van der Waals surface area contributed by atoms with Gasteiger partial charge in [-0.3, -0.25) is 14.7 Å². The standard InChI is InChI=1S/C15H16N6O/c1-21-9-12(19-20-16)7-14(21)15(22)18-11-6-10-4-2-3-5-13(10)17-8-11/h2-6,8,12,14H,7,9H2,1H3,(H,18,22)/t12?,14-/m0/s1. The van der Waals surface area contributed by atoms with Crippen LogP contribution in [0.15, 0.2) is 41.6 Å². The van der Waals surface area contributed by atoms with Gasteiger partial charge in [0.05, 0.1) is 29.5 Å². The van der Waals surface area contributed by atoms with E-state index in [2.05, 4.69) is 20.3 Å². The molecule has 2 atom stereocenters. The van der Waals surface area contributed by atoms with Gasteiger partial charge in [0.15, 0.2) is 0 Å². The van der Waals surface area contributed by atoms with Crippen molar-refractivity contribution in [2.45, 2.75) is 18.5 Å². The number of fused-ring (bicyclic) bond motifs is 1. The van der Waals surface area contributed by atoms with Crippen LogP contribution in [0.1, 0.15) is 6.42 Å². The van der Waals surface area contributed by atoms with Crippen molar-refractivity contribution in [2.75, 3.05) is 18.9 Å². The van der Waals surface area contributed by atoms with E-state index in [1.54, 1.807) is 6.20 Å². The van der Waals surface area contributed by atoms with Crippen molar-refractivity contribution in [3.63, 3.8) is 0 Å². The minimum absolute atomic E-state index is 0.102. The Morgan fingerprint density at radius 2 is 2.32 bits per heavy atom. The molecule has 3 rings (SSSR count). The maximum Gasteiger partial charge on any atom is 0.241 e. The van der Waals surface area contributed by atoms with Crippen LogP contribution in [0.5, 0.6) is 0 Å². The third-order valence-electron chi connectivity index (χ3n) is 3.90. The zero-order valence-electron chi connectivity index (χ0n) is 12.2. The molecule has 0 bridgehead atoms. The van der Waals surface area contributed by atoms with Gasteiger partial charge >= 0.3 is 0 Å². The van der Waals surface area contributed by atoms with E-state index in [1.807, 2.05) is 42.3 Å². The molecule has 1 aliphatic heterocycles. The van der Waals surface area contributed by atoms with Crippen LogP contribution in [0, 0.1) is 0 Å². The second kappa shape index (κ2) is 6.01. The van der Waals surface area contributed by atoms with Gasteiger partial charge in [-0.1, -0.05) is 23.3 Å². The Balaban J connectivity index is 1.74. The number of aromatic nitrogens is 1. The molecule has 1 N–H and O–H groups in total. The third-order valence-corrected chi connectivity index (χ3v) is 3.90. The zero-order chi connectivity index (χ0) is 15.5. The van der Waals surface area contributed by atoms with Crippen molar-refractivity contribution in [1.29, 1.82) is 0 Å². The Morgan fingerprint density at radius 1 is 1.50 bits per heavy atom. The molecule has 0 radical (unpaired) electrons. The maximum atomic E-state index is 12.4. The number of azide groups is 1. The van der Waals surface area contributed by atoms with E-state index in [1.165, 1.54) is 0 Å². The van der Waals surface area contributed by atoms with E-state index in [9.17, 15) is 4.79 Å². The number of benzene rings is 1. The molecule has 1 aliphatic rings. The predicted octanol–water partition coefficient (Wildman–Crippen LogP) is 2.56. The van der Waals surface area contributed by atoms with Gasteiger partial charge in [0.25, 0.3) is 0 Å². The van der Waals surface area contributed by atoms with Crippen molar-refractivity contribution >= 4 is 22.5 Å². The normalized spacial score (nSPS) is 21.5. The lowest BCUT2D eigenvalue weighted by Gasteiger charge is -2.18. The molecule has 2 heterocycles. The quantitative estimate of drug-likeness (QED) is 0.535. The van der Waals surface area contributed by atoms with E-state index in [0.717, 1.165) is 10.9 Å². The summed E-state index contributed by atoms with van der Waals surface area (Å²) in [5.74, 6) is -0.102. The van der Waals surface area contributed by atoms with Crippen molar-refractivity contribution in [2.24, 2.45) is 5.11 Å². The molecule has 0 saturated carbocycles. The number of para-hydroxylation sites is 1. The first-order valence-corrected chi connectivity index (χ1v) is 7.07. The van der Waals surface area contributed by atoms with Crippen molar-refractivity contribution in [3.8, 4) is 0 Å². The number of nitrogens with one attached hydrogen (secondary N) is 1. The fourth-order valence-corrected chi connectivity index (χ4v) is 2.80. The number of hydrogen-bond acceptors (Lipinski definition) is 4. The van der Waals surface area contributed by atoms with Gasteiger partial charge in [-0.15, -0.1) is 0 Å². The van der Waals surface area contributed by atoms with Gasteiger partial charge in [-0.2, -0.15) is 0 Å².